The fourth-order valence-corrected chi connectivity index (χ4v) is 2.21. The molecule has 0 saturated heterocycles. The van der Waals surface area contributed by atoms with E-state index in [-0.39, 0.29) is 0 Å². The van der Waals surface area contributed by atoms with Crippen LogP contribution in [-0.2, 0) is 14.3 Å². The van der Waals surface area contributed by atoms with Crippen molar-refractivity contribution < 1.29 is 23.8 Å². The third-order valence-electron chi connectivity index (χ3n) is 3.56. The lowest BCUT2D eigenvalue weighted by Crippen LogP contribution is -2.29. The molecule has 0 aliphatic heterocycles. The Morgan fingerprint density at radius 3 is 2.27 bits per heavy atom. The van der Waals surface area contributed by atoms with Crippen LogP contribution in [0.4, 0.5) is 5.69 Å². The van der Waals surface area contributed by atoms with Crippen LogP contribution < -0.4 is 14.8 Å². The van der Waals surface area contributed by atoms with Crippen LogP contribution in [0.2, 0.25) is 0 Å². The van der Waals surface area contributed by atoms with Gasteiger partial charge in [0.15, 0.2) is 6.10 Å². The second-order valence-corrected chi connectivity index (χ2v) is 5.34. The number of rotatable bonds is 7. The monoisotopic (exact) mass is 355 g/mol. The smallest absolute Gasteiger partial charge is 0.331 e. The maximum absolute atomic E-state index is 12.2. The van der Waals surface area contributed by atoms with Gasteiger partial charge < -0.3 is 19.5 Å². The summed E-state index contributed by atoms with van der Waals surface area (Å²) < 4.78 is 15.5. The molecule has 2 rings (SSSR count). The maximum atomic E-state index is 12.2. The summed E-state index contributed by atoms with van der Waals surface area (Å²) in [7, 11) is 3.06. The first-order valence-corrected chi connectivity index (χ1v) is 8.00. The highest BCUT2D eigenvalue weighted by molar-refractivity contribution is 5.97. The van der Waals surface area contributed by atoms with Gasteiger partial charge in [-0.15, -0.1) is 0 Å². The molecule has 136 valence electrons. The zero-order chi connectivity index (χ0) is 18.9. The van der Waals surface area contributed by atoms with Gasteiger partial charge >= 0.3 is 5.97 Å². The summed E-state index contributed by atoms with van der Waals surface area (Å²) in [5, 5.41) is 2.67. The summed E-state index contributed by atoms with van der Waals surface area (Å²) in [6.07, 6.45) is 1.87. The van der Waals surface area contributed by atoms with E-state index in [1.54, 1.807) is 49.6 Å². The fourth-order valence-electron chi connectivity index (χ4n) is 2.21. The summed E-state index contributed by atoms with van der Waals surface area (Å²) in [6, 6.07) is 14.2. The number of nitrogens with one attached hydrogen (secondary N) is 1. The van der Waals surface area contributed by atoms with Gasteiger partial charge in [0, 0.05) is 11.6 Å². The molecule has 0 aromatic heterocycles. The lowest BCUT2D eigenvalue weighted by atomic mass is 10.2. The normalized spacial score (nSPS) is 11.7. The first-order valence-electron chi connectivity index (χ1n) is 8.00. The van der Waals surface area contributed by atoms with Crippen molar-refractivity contribution in [1.29, 1.82) is 0 Å². The maximum Gasteiger partial charge on any atom is 0.331 e. The van der Waals surface area contributed by atoms with Crippen molar-refractivity contribution in [3.05, 3.63) is 60.2 Å². The molecule has 2 aromatic rings. The van der Waals surface area contributed by atoms with E-state index in [1.807, 2.05) is 12.1 Å². The van der Waals surface area contributed by atoms with E-state index in [2.05, 4.69) is 5.32 Å². The van der Waals surface area contributed by atoms with Gasteiger partial charge in [0.25, 0.3) is 5.91 Å². The Balaban J connectivity index is 1.95. The lowest BCUT2D eigenvalue weighted by molar-refractivity contribution is -0.148. The molecule has 2 aromatic carbocycles. The Labute approximate surface area is 152 Å². The lowest BCUT2D eigenvalue weighted by Gasteiger charge is -2.14. The number of para-hydroxylation sites is 3. The molecule has 0 aliphatic rings. The molecule has 0 bridgehead atoms. The van der Waals surface area contributed by atoms with Crippen LogP contribution in [0.15, 0.2) is 54.6 Å². The van der Waals surface area contributed by atoms with E-state index in [0.717, 1.165) is 5.56 Å². The molecule has 6 nitrogen and oxygen atoms in total. The number of carbonyl (C=O) groups excluding carboxylic acids is 2. The number of esters is 1. The highest BCUT2D eigenvalue weighted by Crippen LogP contribution is 2.23. The zero-order valence-electron chi connectivity index (χ0n) is 14.9. The second-order valence-electron chi connectivity index (χ2n) is 5.34. The van der Waals surface area contributed by atoms with Crippen molar-refractivity contribution >= 4 is 23.6 Å². The van der Waals surface area contributed by atoms with Crippen LogP contribution in [0, 0.1) is 0 Å². The summed E-state index contributed by atoms with van der Waals surface area (Å²) in [4.78, 5) is 24.2. The summed E-state index contributed by atoms with van der Waals surface area (Å²) in [6.45, 7) is 1.50. The molecular weight excluding hydrogens is 334 g/mol. The highest BCUT2D eigenvalue weighted by atomic mass is 16.5. The number of hydrogen-bond donors (Lipinski definition) is 1. The number of ether oxygens (including phenoxy) is 3. The number of anilines is 1. The standard InChI is InChI=1S/C20H21NO5/c1-14(20(23)21-16-9-5-7-11-18(16)25-3)26-19(22)13-12-15-8-4-6-10-17(15)24-2/h4-14H,1-3H3,(H,21,23)/b13-12+/t14-/m0/s1. The van der Waals surface area contributed by atoms with Crippen molar-refractivity contribution in [3.63, 3.8) is 0 Å². The molecule has 0 radical (unpaired) electrons. The quantitative estimate of drug-likeness (QED) is 0.609. The molecule has 0 heterocycles. The molecule has 0 unspecified atom stereocenters. The third-order valence-corrected chi connectivity index (χ3v) is 3.56. The van der Waals surface area contributed by atoms with E-state index in [4.69, 9.17) is 14.2 Å². The van der Waals surface area contributed by atoms with Gasteiger partial charge in [-0.05, 0) is 31.2 Å². The molecule has 26 heavy (non-hydrogen) atoms. The molecule has 6 heteroatoms. The first kappa shape index (κ1) is 19.1. The number of benzene rings is 2. The summed E-state index contributed by atoms with van der Waals surface area (Å²) >= 11 is 0. The van der Waals surface area contributed by atoms with E-state index >= 15 is 0 Å². The fraction of sp³-hybridized carbons (Fsp3) is 0.200. The van der Waals surface area contributed by atoms with Crippen LogP contribution in [0.1, 0.15) is 12.5 Å². The van der Waals surface area contributed by atoms with Gasteiger partial charge in [0.2, 0.25) is 0 Å². The molecule has 0 spiro atoms. The van der Waals surface area contributed by atoms with Gasteiger partial charge in [-0.25, -0.2) is 4.79 Å². The van der Waals surface area contributed by atoms with E-state index in [9.17, 15) is 9.59 Å². The average Bonchev–Trinajstić information content (AvgIpc) is 2.66. The molecule has 1 amide bonds. The van der Waals surface area contributed by atoms with Crippen LogP contribution in [0.5, 0.6) is 11.5 Å². The van der Waals surface area contributed by atoms with Crippen LogP contribution in [0.25, 0.3) is 6.08 Å². The van der Waals surface area contributed by atoms with Crippen molar-refractivity contribution in [2.24, 2.45) is 0 Å². The van der Waals surface area contributed by atoms with Crippen molar-refractivity contribution in [3.8, 4) is 11.5 Å². The van der Waals surface area contributed by atoms with E-state index < -0.39 is 18.0 Å². The summed E-state index contributed by atoms with van der Waals surface area (Å²) in [5.41, 5.74) is 1.24. The molecule has 0 aliphatic carbocycles. The molecule has 0 fully saturated rings. The minimum Gasteiger partial charge on any atom is -0.496 e. The SMILES string of the molecule is COc1ccccc1/C=C/C(=O)O[C@@H](C)C(=O)Nc1ccccc1OC. The molecular formula is C20H21NO5. The van der Waals surface area contributed by atoms with Gasteiger partial charge in [0.1, 0.15) is 11.5 Å². The third kappa shape index (κ3) is 5.11. The van der Waals surface area contributed by atoms with Crippen LogP contribution >= 0.6 is 0 Å². The Bertz CT molecular complexity index is 800. The summed E-state index contributed by atoms with van der Waals surface area (Å²) in [5.74, 6) is 0.0843. The van der Waals surface area contributed by atoms with Gasteiger partial charge in [-0.1, -0.05) is 30.3 Å². The molecule has 1 N–H and O–H groups in total. The largest absolute Gasteiger partial charge is 0.496 e. The van der Waals surface area contributed by atoms with E-state index in [0.29, 0.717) is 17.2 Å². The minimum absolute atomic E-state index is 0.450. The predicted molar refractivity (Wildman–Crippen MR) is 99.2 cm³/mol. The van der Waals surface area contributed by atoms with Crippen LogP contribution in [0.3, 0.4) is 0 Å². The Morgan fingerprint density at radius 1 is 0.962 bits per heavy atom. The highest BCUT2D eigenvalue weighted by Gasteiger charge is 2.18. The van der Waals surface area contributed by atoms with Crippen molar-refractivity contribution in [2.45, 2.75) is 13.0 Å². The average molecular weight is 355 g/mol. The van der Waals surface area contributed by atoms with Crippen molar-refractivity contribution in [2.75, 3.05) is 19.5 Å². The van der Waals surface area contributed by atoms with Crippen LogP contribution in [-0.4, -0.2) is 32.2 Å². The Hall–Kier alpha value is -3.28. The number of methoxy groups -OCH3 is 2. The Kier molecular flexibility index (Phi) is 6.79. The Morgan fingerprint density at radius 2 is 1.58 bits per heavy atom. The van der Waals surface area contributed by atoms with Gasteiger partial charge in [-0.2, -0.15) is 0 Å². The minimum atomic E-state index is -0.963. The van der Waals surface area contributed by atoms with Gasteiger partial charge in [-0.3, -0.25) is 4.79 Å². The predicted octanol–water partition coefficient (Wildman–Crippen LogP) is 3.29. The number of carbonyl (C=O) groups is 2. The molecule has 1 atom stereocenters. The van der Waals surface area contributed by atoms with E-state index in [1.165, 1.54) is 20.1 Å². The number of amides is 1. The zero-order valence-corrected chi connectivity index (χ0v) is 14.9. The van der Waals surface area contributed by atoms with Crippen molar-refractivity contribution in [1.82, 2.24) is 0 Å². The van der Waals surface area contributed by atoms with Gasteiger partial charge in [0.05, 0.1) is 19.9 Å². The topological polar surface area (TPSA) is 73.9 Å². The molecule has 0 saturated carbocycles. The second kappa shape index (κ2) is 9.27. The first-order chi connectivity index (χ1) is 12.5. The number of hydrogen-bond acceptors (Lipinski definition) is 5.